The second kappa shape index (κ2) is 8.86. The highest BCUT2D eigenvalue weighted by molar-refractivity contribution is 8.18. The van der Waals surface area contributed by atoms with Gasteiger partial charge in [-0.1, -0.05) is 48.5 Å². The lowest BCUT2D eigenvalue weighted by Crippen LogP contribution is -2.28. The summed E-state index contributed by atoms with van der Waals surface area (Å²) in [5, 5.41) is 0.678. The first-order chi connectivity index (χ1) is 15.3. The van der Waals surface area contributed by atoms with Gasteiger partial charge in [-0.15, -0.1) is 0 Å². The molecule has 2 saturated heterocycles. The lowest BCUT2D eigenvalue weighted by atomic mass is 10.2. The molecule has 5 nitrogen and oxygen atoms in total. The fraction of sp³-hybridized carbons (Fsp3) is 0.200. The van der Waals surface area contributed by atoms with Crippen LogP contribution in [0.15, 0.2) is 87.1 Å². The van der Waals surface area contributed by atoms with Crippen molar-refractivity contribution in [2.45, 2.75) is 19.4 Å². The molecule has 2 fully saturated rings. The van der Waals surface area contributed by atoms with Gasteiger partial charge in [0.2, 0.25) is 0 Å². The maximum atomic E-state index is 13.3. The molecule has 0 unspecified atom stereocenters. The summed E-state index contributed by atoms with van der Waals surface area (Å²) in [4.78, 5) is 22.6. The number of thioether (sulfide) groups is 1. The van der Waals surface area contributed by atoms with Gasteiger partial charge in [-0.3, -0.25) is 9.69 Å². The molecule has 2 aliphatic rings. The average Bonchev–Trinajstić information content (AvgIpc) is 3.54. The van der Waals surface area contributed by atoms with Gasteiger partial charge in [0, 0.05) is 25.2 Å². The van der Waals surface area contributed by atoms with E-state index in [0.717, 1.165) is 30.2 Å². The molecule has 1 amide bonds. The Morgan fingerprint density at radius 1 is 0.935 bits per heavy atom. The Labute approximate surface area is 186 Å². The quantitative estimate of drug-likeness (QED) is 0.489. The molecule has 2 aliphatic heterocycles. The number of carbonyl (C=O) groups is 1. The first-order valence-electron chi connectivity index (χ1n) is 10.5. The second-order valence-electron chi connectivity index (χ2n) is 7.59. The van der Waals surface area contributed by atoms with Gasteiger partial charge in [-0.25, -0.2) is 4.99 Å². The van der Waals surface area contributed by atoms with E-state index < -0.39 is 0 Å². The van der Waals surface area contributed by atoms with Crippen LogP contribution in [0.4, 0.5) is 11.6 Å². The third-order valence-corrected chi connectivity index (χ3v) is 6.36. The Kier molecular flexibility index (Phi) is 5.63. The molecule has 0 aliphatic carbocycles. The lowest BCUT2D eigenvalue weighted by Gasteiger charge is -2.15. The van der Waals surface area contributed by atoms with E-state index in [0.29, 0.717) is 22.4 Å². The minimum Gasteiger partial charge on any atom is -0.441 e. The predicted octanol–water partition coefficient (Wildman–Crippen LogP) is 5.68. The van der Waals surface area contributed by atoms with Crippen LogP contribution in [0.1, 0.15) is 24.2 Å². The summed E-state index contributed by atoms with van der Waals surface area (Å²) < 4.78 is 6.01. The number of amides is 1. The van der Waals surface area contributed by atoms with Crippen LogP contribution in [0.25, 0.3) is 6.08 Å². The molecule has 3 heterocycles. The standard InChI is InChI=1S/C25H23N3O2S/c29-24-22(17-21-13-14-23(30-21)27-15-7-8-16-27)31-25(26-20-11-5-2-6-12-20)28(24)18-19-9-3-1-4-10-19/h1-6,9-14,17H,7-8,15-16,18H2/b22-17-,26-25?. The SMILES string of the molecule is O=C1/C(=C/c2ccc(N3CCCC3)o2)SC(=Nc2ccccc2)N1Cc1ccccc1. The molecule has 0 atom stereocenters. The number of furan rings is 1. The highest BCUT2D eigenvalue weighted by Gasteiger charge is 2.34. The van der Waals surface area contributed by atoms with E-state index >= 15 is 0 Å². The van der Waals surface area contributed by atoms with Crippen molar-refractivity contribution in [3.8, 4) is 0 Å². The molecule has 0 bridgehead atoms. The number of hydrogen-bond acceptors (Lipinski definition) is 5. The van der Waals surface area contributed by atoms with E-state index in [1.165, 1.54) is 24.6 Å². The van der Waals surface area contributed by atoms with Crippen LogP contribution >= 0.6 is 11.8 Å². The Morgan fingerprint density at radius 2 is 1.65 bits per heavy atom. The fourth-order valence-electron chi connectivity index (χ4n) is 3.77. The smallest absolute Gasteiger partial charge is 0.267 e. The average molecular weight is 430 g/mol. The molecular weight excluding hydrogens is 406 g/mol. The third kappa shape index (κ3) is 4.44. The first kappa shape index (κ1) is 19.7. The summed E-state index contributed by atoms with van der Waals surface area (Å²) in [5.41, 5.74) is 1.89. The number of carbonyl (C=O) groups excluding carboxylic acids is 1. The van der Waals surface area contributed by atoms with E-state index in [1.54, 1.807) is 4.90 Å². The molecule has 0 spiro atoms. The highest BCUT2D eigenvalue weighted by atomic mass is 32.2. The topological polar surface area (TPSA) is 49.1 Å². The van der Waals surface area contributed by atoms with Crippen molar-refractivity contribution in [2.75, 3.05) is 18.0 Å². The summed E-state index contributed by atoms with van der Waals surface area (Å²) in [5.74, 6) is 1.51. The van der Waals surface area contributed by atoms with Crippen molar-refractivity contribution < 1.29 is 9.21 Å². The maximum absolute atomic E-state index is 13.3. The molecule has 6 heteroatoms. The number of nitrogens with zero attached hydrogens (tertiary/aromatic N) is 3. The monoisotopic (exact) mass is 429 g/mol. The van der Waals surface area contributed by atoms with Gasteiger partial charge in [0.05, 0.1) is 17.1 Å². The number of rotatable bonds is 5. The summed E-state index contributed by atoms with van der Waals surface area (Å²) >= 11 is 1.39. The zero-order valence-electron chi connectivity index (χ0n) is 17.1. The summed E-state index contributed by atoms with van der Waals surface area (Å²) in [7, 11) is 0. The Morgan fingerprint density at radius 3 is 2.39 bits per heavy atom. The van der Waals surface area contributed by atoms with Crippen LogP contribution in [0, 0.1) is 0 Å². The minimum atomic E-state index is -0.0531. The van der Waals surface area contributed by atoms with Crippen LogP contribution in [0.5, 0.6) is 0 Å². The van der Waals surface area contributed by atoms with Crippen LogP contribution in [-0.4, -0.2) is 29.1 Å². The van der Waals surface area contributed by atoms with Gasteiger partial charge in [0.1, 0.15) is 5.76 Å². The first-order valence-corrected chi connectivity index (χ1v) is 11.3. The van der Waals surface area contributed by atoms with Crippen molar-refractivity contribution in [1.29, 1.82) is 0 Å². The number of para-hydroxylation sites is 1. The minimum absolute atomic E-state index is 0.0531. The molecule has 0 saturated carbocycles. The molecule has 156 valence electrons. The van der Waals surface area contributed by atoms with Crippen molar-refractivity contribution in [3.63, 3.8) is 0 Å². The maximum Gasteiger partial charge on any atom is 0.267 e. The molecule has 31 heavy (non-hydrogen) atoms. The van der Waals surface area contributed by atoms with Gasteiger partial charge in [0.15, 0.2) is 11.1 Å². The Bertz CT molecular complexity index is 1120. The number of hydrogen-bond donors (Lipinski definition) is 0. The number of benzene rings is 2. The normalized spacial score (nSPS) is 19.2. The molecule has 5 rings (SSSR count). The molecule has 1 aromatic heterocycles. The van der Waals surface area contributed by atoms with E-state index in [2.05, 4.69) is 4.90 Å². The zero-order valence-corrected chi connectivity index (χ0v) is 17.9. The molecule has 0 radical (unpaired) electrons. The van der Waals surface area contributed by atoms with Crippen LogP contribution < -0.4 is 4.90 Å². The fourth-order valence-corrected chi connectivity index (χ4v) is 4.74. The zero-order chi connectivity index (χ0) is 21.0. The second-order valence-corrected chi connectivity index (χ2v) is 8.60. The lowest BCUT2D eigenvalue weighted by molar-refractivity contribution is -0.122. The number of anilines is 1. The molecule has 3 aromatic rings. The van der Waals surface area contributed by atoms with Crippen molar-refractivity contribution in [2.24, 2.45) is 4.99 Å². The Balaban J connectivity index is 1.44. The van der Waals surface area contributed by atoms with Crippen molar-refractivity contribution >= 4 is 40.5 Å². The summed E-state index contributed by atoms with van der Waals surface area (Å²) in [6.07, 6.45) is 4.22. The molecule has 2 aromatic carbocycles. The van der Waals surface area contributed by atoms with E-state index in [1.807, 2.05) is 78.9 Å². The van der Waals surface area contributed by atoms with Crippen LogP contribution in [0.3, 0.4) is 0 Å². The van der Waals surface area contributed by atoms with E-state index in [4.69, 9.17) is 9.41 Å². The number of aliphatic imine (C=N–C) groups is 1. The predicted molar refractivity (Wildman–Crippen MR) is 126 cm³/mol. The van der Waals surface area contributed by atoms with E-state index in [-0.39, 0.29) is 5.91 Å². The van der Waals surface area contributed by atoms with E-state index in [9.17, 15) is 4.79 Å². The highest BCUT2D eigenvalue weighted by Crippen LogP contribution is 2.36. The van der Waals surface area contributed by atoms with Crippen molar-refractivity contribution in [1.82, 2.24) is 4.90 Å². The third-order valence-electron chi connectivity index (χ3n) is 5.36. The largest absolute Gasteiger partial charge is 0.441 e. The Hall–Kier alpha value is -3.25. The van der Waals surface area contributed by atoms with Gasteiger partial charge in [0.25, 0.3) is 5.91 Å². The van der Waals surface area contributed by atoms with Crippen LogP contribution in [0.2, 0.25) is 0 Å². The number of amidine groups is 1. The van der Waals surface area contributed by atoms with Gasteiger partial charge in [-0.2, -0.15) is 0 Å². The van der Waals surface area contributed by atoms with Gasteiger partial charge in [-0.05, 0) is 48.4 Å². The van der Waals surface area contributed by atoms with Crippen LogP contribution in [-0.2, 0) is 11.3 Å². The van der Waals surface area contributed by atoms with Gasteiger partial charge >= 0.3 is 0 Å². The summed E-state index contributed by atoms with van der Waals surface area (Å²) in [6, 6.07) is 23.6. The molecular formula is C25H23N3O2S. The van der Waals surface area contributed by atoms with Gasteiger partial charge < -0.3 is 9.32 Å². The van der Waals surface area contributed by atoms with Crippen molar-refractivity contribution in [3.05, 3.63) is 89.0 Å². The molecule has 0 N–H and O–H groups in total. The summed E-state index contributed by atoms with van der Waals surface area (Å²) in [6.45, 7) is 2.53.